The number of anilines is 1. The highest BCUT2D eigenvalue weighted by atomic mass is 19.1. The maximum Gasteiger partial charge on any atom is 0.266 e. The third-order valence-electron chi connectivity index (χ3n) is 4.34. The lowest BCUT2D eigenvalue weighted by atomic mass is 10.2. The molecule has 0 radical (unpaired) electrons. The minimum Gasteiger partial charge on any atom is -0.396 e. The maximum atomic E-state index is 13.0. The van der Waals surface area contributed by atoms with E-state index in [-0.39, 0.29) is 23.9 Å². The van der Waals surface area contributed by atoms with E-state index >= 15 is 0 Å². The van der Waals surface area contributed by atoms with E-state index in [1.165, 1.54) is 18.3 Å². The van der Waals surface area contributed by atoms with Crippen LogP contribution in [0.5, 0.6) is 0 Å². The zero-order chi connectivity index (χ0) is 18.8. The summed E-state index contributed by atoms with van der Waals surface area (Å²) >= 11 is 0. The normalized spacial score (nSPS) is 14.9. The first-order valence-corrected chi connectivity index (χ1v) is 8.90. The van der Waals surface area contributed by atoms with Crippen LogP contribution in [0, 0.1) is 17.1 Å². The predicted octanol–water partition coefficient (Wildman–Crippen LogP) is 1.63. The fraction of sp³-hybridized carbons (Fsp3) is 0.474. The van der Waals surface area contributed by atoms with Crippen molar-refractivity contribution in [2.45, 2.75) is 19.3 Å². The molecular weight excluding hydrogens is 335 g/mol. The van der Waals surface area contributed by atoms with Gasteiger partial charge in [-0.1, -0.05) is 0 Å². The Morgan fingerprint density at radius 3 is 2.50 bits per heavy atom. The van der Waals surface area contributed by atoms with Gasteiger partial charge in [-0.2, -0.15) is 5.26 Å². The Bertz CT molecular complexity index is 646. The van der Waals surface area contributed by atoms with Crippen LogP contribution >= 0.6 is 0 Å². The van der Waals surface area contributed by atoms with Gasteiger partial charge in [0.1, 0.15) is 17.5 Å². The van der Waals surface area contributed by atoms with Gasteiger partial charge >= 0.3 is 0 Å². The van der Waals surface area contributed by atoms with Crippen LogP contribution in [0.2, 0.25) is 0 Å². The Balaban J connectivity index is 1.82. The number of carbonyl (C=O) groups is 1. The summed E-state index contributed by atoms with van der Waals surface area (Å²) in [6.45, 7) is 3.17. The van der Waals surface area contributed by atoms with E-state index in [4.69, 9.17) is 5.11 Å². The van der Waals surface area contributed by atoms with Crippen molar-refractivity contribution >= 4 is 11.6 Å². The molecule has 140 valence electrons. The van der Waals surface area contributed by atoms with Gasteiger partial charge in [0.25, 0.3) is 5.91 Å². The first kappa shape index (κ1) is 19.7. The number of nitrogens with zero attached hydrogens (tertiary/aromatic N) is 3. The molecule has 0 aromatic heterocycles. The summed E-state index contributed by atoms with van der Waals surface area (Å²) in [6, 6.07) is 8.28. The Morgan fingerprint density at radius 1 is 1.19 bits per heavy atom. The quantitative estimate of drug-likeness (QED) is 0.418. The minimum absolute atomic E-state index is 0.0994. The Morgan fingerprint density at radius 2 is 1.88 bits per heavy atom. The van der Waals surface area contributed by atoms with Crippen molar-refractivity contribution in [2.75, 3.05) is 44.2 Å². The molecular formula is C19H25FN4O2. The van der Waals surface area contributed by atoms with Crippen molar-refractivity contribution in [3.8, 4) is 6.07 Å². The standard InChI is InChI=1S/C19H25FN4O2/c20-17-4-6-18(7-5-17)23-9-11-24(12-10-23)19(26)16(14-21)15-22-8-2-1-3-13-25/h4-7,15,22,25H,1-3,8-13H2/b16-15-. The highest BCUT2D eigenvalue weighted by Crippen LogP contribution is 2.17. The summed E-state index contributed by atoms with van der Waals surface area (Å²) in [6.07, 6.45) is 4.01. The molecule has 1 aliphatic rings. The molecule has 1 heterocycles. The van der Waals surface area contributed by atoms with E-state index in [0.29, 0.717) is 32.7 Å². The lowest BCUT2D eigenvalue weighted by Gasteiger charge is -2.36. The second-order valence-electron chi connectivity index (χ2n) is 6.16. The summed E-state index contributed by atoms with van der Waals surface area (Å²) < 4.78 is 13.0. The fourth-order valence-corrected chi connectivity index (χ4v) is 2.82. The summed E-state index contributed by atoms with van der Waals surface area (Å²) in [7, 11) is 0. The molecule has 1 aliphatic heterocycles. The molecule has 1 fully saturated rings. The number of hydrogen-bond acceptors (Lipinski definition) is 5. The smallest absolute Gasteiger partial charge is 0.266 e. The van der Waals surface area contributed by atoms with Crippen molar-refractivity contribution < 1.29 is 14.3 Å². The summed E-state index contributed by atoms with van der Waals surface area (Å²) in [5.74, 6) is -0.538. The van der Waals surface area contributed by atoms with Crippen LogP contribution in [0.4, 0.5) is 10.1 Å². The van der Waals surface area contributed by atoms with Crippen LogP contribution in [0.1, 0.15) is 19.3 Å². The molecule has 1 saturated heterocycles. The van der Waals surface area contributed by atoms with Crippen LogP contribution in [-0.2, 0) is 4.79 Å². The van der Waals surface area contributed by atoms with Crippen molar-refractivity contribution in [2.24, 2.45) is 0 Å². The number of nitriles is 1. The molecule has 0 unspecified atom stereocenters. The topological polar surface area (TPSA) is 79.6 Å². The summed E-state index contributed by atoms with van der Waals surface area (Å²) in [5, 5.41) is 21.0. The predicted molar refractivity (Wildman–Crippen MR) is 97.8 cm³/mol. The lowest BCUT2D eigenvalue weighted by molar-refractivity contribution is -0.127. The fourth-order valence-electron chi connectivity index (χ4n) is 2.82. The molecule has 2 N–H and O–H groups in total. The summed E-state index contributed by atoms with van der Waals surface area (Å²) in [5.41, 5.74) is 1.03. The first-order chi connectivity index (χ1) is 12.7. The number of benzene rings is 1. The van der Waals surface area contributed by atoms with Gasteiger partial charge in [0.05, 0.1) is 0 Å². The Hall–Kier alpha value is -2.59. The van der Waals surface area contributed by atoms with Crippen molar-refractivity contribution in [3.05, 3.63) is 41.9 Å². The van der Waals surface area contributed by atoms with Gasteiger partial charge in [0.2, 0.25) is 0 Å². The Kier molecular flexibility index (Phi) is 7.90. The maximum absolute atomic E-state index is 13.0. The highest BCUT2D eigenvalue weighted by Gasteiger charge is 2.23. The van der Waals surface area contributed by atoms with Gasteiger partial charge in [0, 0.05) is 51.2 Å². The molecule has 0 spiro atoms. The Labute approximate surface area is 153 Å². The number of aliphatic hydroxyl groups excluding tert-OH is 1. The zero-order valence-corrected chi connectivity index (χ0v) is 14.8. The van der Waals surface area contributed by atoms with Crippen LogP contribution in [0.15, 0.2) is 36.0 Å². The molecule has 0 bridgehead atoms. The number of unbranched alkanes of at least 4 members (excludes halogenated alkanes) is 2. The number of amides is 1. The minimum atomic E-state index is -0.269. The molecule has 2 rings (SSSR count). The highest BCUT2D eigenvalue weighted by molar-refractivity contribution is 5.97. The van der Waals surface area contributed by atoms with Crippen LogP contribution in [0.3, 0.4) is 0 Å². The van der Waals surface area contributed by atoms with Gasteiger partial charge < -0.3 is 20.2 Å². The number of aliphatic hydroxyl groups is 1. The number of hydrogen-bond donors (Lipinski definition) is 2. The third-order valence-corrected chi connectivity index (χ3v) is 4.34. The molecule has 1 aromatic carbocycles. The van der Waals surface area contributed by atoms with Crippen LogP contribution in [-0.4, -0.2) is 55.2 Å². The SMILES string of the molecule is N#C/C(=C/NCCCCCO)C(=O)N1CCN(c2ccc(F)cc2)CC1. The van der Waals surface area contributed by atoms with E-state index in [1.54, 1.807) is 17.0 Å². The average molecular weight is 360 g/mol. The molecule has 7 heteroatoms. The molecule has 1 aromatic rings. The number of halogens is 1. The van der Waals surface area contributed by atoms with Crippen molar-refractivity contribution in [3.63, 3.8) is 0 Å². The third kappa shape index (κ3) is 5.74. The first-order valence-electron chi connectivity index (χ1n) is 8.90. The van der Waals surface area contributed by atoms with E-state index < -0.39 is 0 Å². The molecule has 0 saturated carbocycles. The lowest BCUT2D eigenvalue weighted by Crippen LogP contribution is -2.49. The van der Waals surface area contributed by atoms with Crippen LogP contribution in [0.25, 0.3) is 0 Å². The monoisotopic (exact) mass is 360 g/mol. The van der Waals surface area contributed by atoms with E-state index in [0.717, 1.165) is 24.9 Å². The van der Waals surface area contributed by atoms with E-state index in [2.05, 4.69) is 10.2 Å². The second kappa shape index (κ2) is 10.4. The molecule has 0 atom stereocenters. The number of rotatable bonds is 8. The van der Waals surface area contributed by atoms with Gasteiger partial charge in [-0.05, 0) is 43.5 Å². The molecule has 0 aliphatic carbocycles. The number of piperazine rings is 1. The zero-order valence-electron chi connectivity index (χ0n) is 14.8. The number of nitrogens with one attached hydrogen (secondary N) is 1. The molecule has 1 amide bonds. The molecule has 6 nitrogen and oxygen atoms in total. The largest absolute Gasteiger partial charge is 0.396 e. The molecule has 26 heavy (non-hydrogen) atoms. The van der Waals surface area contributed by atoms with Gasteiger partial charge in [-0.25, -0.2) is 4.39 Å². The van der Waals surface area contributed by atoms with Gasteiger partial charge in [-0.3, -0.25) is 4.79 Å². The second-order valence-corrected chi connectivity index (χ2v) is 6.16. The van der Waals surface area contributed by atoms with Crippen LogP contribution < -0.4 is 10.2 Å². The van der Waals surface area contributed by atoms with E-state index in [1.807, 2.05) is 6.07 Å². The average Bonchev–Trinajstić information content (AvgIpc) is 2.68. The van der Waals surface area contributed by atoms with E-state index in [9.17, 15) is 14.4 Å². The number of carbonyl (C=O) groups excluding carboxylic acids is 1. The summed E-state index contributed by atoms with van der Waals surface area (Å²) in [4.78, 5) is 16.2. The van der Waals surface area contributed by atoms with Crippen molar-refractivity contribution in [1.29, 1.82) is 5.26 Å². The van der Waals surface area contributed by atoms with Gasteiger partial charge in [0.15, 0.2) is 0 Å². The van der Waals surface area contributed by atoms with Crippen molar-refractivity contribution in [1.82, 2.24) is 10.2 Å². The van der Waals surface area contributed by atoms with Gasteiger partial charge in [-0.15, -0.1) is 0 Å².